The Morgan fingerprint density at radius 1 is 1.29 bits per heavy atom. The number of sulfonamides is 1. The molecule has 0 aliphatic heterocycles. The molecular formula is C18H18N2O6S2. The Bertz CT molecular complexity index is 1030. The van der Waals surface area contributed by atoms with Crippen LogP contribution in [0.2, 0.25) is 0 Å². The van der Waals surface area contributed by atoms with E-state index in [1.165, 1.54) is 42.7 Å². The van der Waals surface area contributed by atoms with Gasteiger partial charge in [0.05, 0.1) is 18.3 Å². The van der Waals surface area contributed by atoms with Gasteiger partial charge in [-0.2, -0.15) is 0 Å². The van der Waals surface area contributed by atoms with Crippen molar-refractivity contribution in [3.05, 3.63) is 59.0 Å². The van der Waals surface area contributed by atoms with Crippen molar-refractivity contribution in [3.63, 3.8) is 0 Å². The van der Waals surface area contributed by atoms with E-state index in [-0.39, 0.29) is 11.4 Å². The number of anilines is 1. The second kappa shape index (κ2) is 8.57. The van der Waals surface area contributed by atoms with E-state index < -0.39 is 22.2 Å². The number of benzene rings is 1. The lowest BCUT2D eigenvalue weighted by Crippen LogP contribution is -2.28. The molecule has 0 bridgehead atoms. The number of hydrogen-bond donors (Lipinski definition) is 3. The van der Waals surface area contributed by atoms with Gasteiger partial charge in [0.2, 0.25) is 10.0 Å². The molecule has 28 heavy (non-hydrogen) atoms. The lowest BCUT2D eigenvalue weighted by Gasteiger charge is -2.11. The number of furan rings is 1. The van der Waals surface area contributed by atoms with Gasteiger partial charge in [0.1, 0.15) is 11.9 Å². The summed E-state index contributed by atoms with van der Waals surface area (Å²) in [5.41, 5.74) is 1.22. The summed E-state index contributed by atoms with van der Waals surface area (Å²) in [5.74, 6) is 0.677. The van der Waals surface area contributed by atoms with Gasteiger partial charge in [-0.05, 0) is 42.5 Å². The first kappa shape index (κ1) is 20.1. The molecule has 1 aromatic carbocycles. The first-order valence-corrected chi connectivity index (χ1v) is 10.5. The Morgan fingerprint density at radius 2 is 2.04 bits per heavy atom. The van der Waals surface area contributed by atoms with Crippen molar-refractivity contribution in [2.45, 2.75) is 11.0 Å². The van der Waals surface area contributed by atoms with Crippen LogP contribution in [0, 0.1) is 0 Å². The highest BCUT2D eigenvalue weighted by Crippen LogP contribution is 2.29. The Kier molecular flexibility index (Phi) is 6.15. The molecule has 0 spiro atoms. The summed E-state index contributed by atoms with van der Waals surface area (Å²) in [4.78, 5) is 11.8. The van der Waals surface area contributed by atoms with E-state index in [1.807, 2.05) is 5.38 Å². The predicted octanol–water partition coefficient (Wildman–Crippen LogP) is 3.20. The second-order valence-electron chi connectivity index (χ2n) is 5.72. The molecule has 3 aromatic rings. The van der Waals surface area contributed by atoms with E-state index in [2.05, 4.69) is 14.8 Å². The zero-order valence-corrected chi connectivity index (χ0v) is 16.4. The molecule has 0 fully saturated rings. The summed E-state index contributed by atoms with van der Waals surface area (Å²) in [6.07, 6.45) is -0.0890. The minimum atomic E-state index is -3.82. The third kappa shape index (κ3) is 4.78. The molecule has 0 aliphatic rings. The number of aliphatic hydroxyl groups is 1. The highest BCUT2D eigenvalue weighted by molar-refractivity contribution is 7.89. The molecule has 3 rings (SSSR count). The van der Waals surface area contributed by atoms with Crippen LogP contribution in [0.1, 0.15) is 11.0 Å². The molecule has 0 saturated heterocycles. The summed E-state index contributed by atoms with van der Waals surface area (Å²) in [5, 5.41) is 14.6. The van der Waals surface area contributed by atoms with Crippen molar-refractivity contribution < 1.29 is 27.5 Å². The summed E-state index contributed by atoms with van der Waals surface area (Å²) in [6.45, 7) is -0.178. The van der Waals surface area contributed by atoms with Crippen LogP contribution in [0.15, 0.2) is 63.4 Å². The molecule has 8 nitrogen and oxygen atoms in total. The fourth-order valence-corrected chi connectivity index (χ4v) is 4.28. The largest absolute Gasteiger partial charge is 0.464 e. The number of methoxy groups -OCH3 is 1. The standard InChI is InChI=1S/C18H18N2O6S2/c1-25-18(22)20-13-4-6-14(7-5-13)28(23,24)19-10-15(21)17-9-12(11-27-17)16-3-2-8-26-16/h2-9,11,15,19,21H,10H2,1H3,(H,20,22). The smallest absolute Gasteiger partial charge is 0.411 e. The van der Waals surface area contributed by atoms with Crippen molar-refractivity contribution in [2.24, 2.45) is 0 Å². The number of carbonyl (C=O) groups is 1. The molecule has 1 atom stereocenters. The number of thiophene rings is 1. The van der Waals surface area contributed by atoms with E-state index in [0.717, 1.165) is 5.56 Å². The van der Waals surface area contributed by atoms with Crippen LogP contribution in [0.25, 0.3) is 11.3 Å². The van der Waals surface area contributed by atoms with E-state index in [0.29, 0.717) is 16.3 Å². The number of amides is 1. The molecule has 2 aromatic heterocycles. The van der Waals surface area contributed by atoms with Gasteiger partial charge in [0, 0.05) is 28.1 Å². The van der Waals surface area contributed by atoms with E-state index in [9.17, 15) is 18.3 Å². The maximum Gasteiger partial charge on any atom is 0.411 e. The first-order chi connectivity index (χ1) is 13.4. The zero-order valence-electron chi connectivity index (χ0n) is 14.8. The molecule has 1 amide bonds. The van der Waals surface area contributed by atoms with Crippen molar-refractivity contribution in [2.75, 3.05) is 19.0 Å². The van der Waals surface area contributed by atoms with Gasteiger partial charge >= 0.3 is 6.09 Å². The number of hydrogen-bond acceptors (Lipinski definition) is 7. The SMILES string of the molecule is COC(=O)Nc1ccc(S(=O)(=O)NCC(O)c2cc(-c3ccco3)cs2)cc1. The summed E-state index contributed by atoms with van der Waals surface area (Å²) < 4.78 is 37.0. The molecule has 1 unspecified atom stereocenters. The first-order valence-electron chi connectivity index (χ1n) is 8.14. The normalized spacial score (nSPS) is 12.5. The van der Waals surface area contributed by atoms with Crippen molar-refractivity contribution in [3.8, 4) is 11.3 Å². The minimum Gasteiger partial charge on any atom is -0.464 e. The van der Waals surface area contributed by atoms with Crippen LogP contribution in [-0.4, -0.2) is 33.3 Å². The molecule has 148 valence electrons. The average Bonchev–Trinajstić information content (AvgIpc) is 3.38. The maximum absolute atomic E-state index is 12.4. The number of aliphatic hydroxyl groups excluding tert-OH is 1. The van der Waals surface area contributed by atoms with Gasteiger partial charge in [-0.1, -0.05) is 0 Å². The van der Waals surface area contributed by atoms with E-state index in [1.54, 1.807) is 24.5 Å². The molecule has 0 radical (unpaired) electrons. The molecular weight excluding hydrogens is 404 g/mol. The quantitative estimate of drug-likeness (QED) is 0.538. The van der Waals surface area contributed by atoms with Gasteiger partial charge in [0.15, 0.2) is 0 Å². The van der Waals surface area contributed by atoms with Crippen molar-refractivity contribution >= 4 is 33.1 Å². The Balaban J connectivity index is 1.62. The van der Waals surface area contributed by atoms with Gasteiger partial charge < -0.3 is 14.3 Å². The fourth-order valence-electron chi connectivity index (χ4n) is 2.36. The van der Waals surface area contributed by atoms with Crippen molar-refractivity contribution in [1.29, 1.82) is 0 Å². The third-order valence-corrected chi connectivity index (χ3v) is 6.29. The molecule has 10 heteroatoms. The van der Waals surface area contributed by atoms with E-state index >= 15 is 0 Å². The topological polar surface area (TPSA) is 118 Å². The summed E-state index contributed by atoms with van der Waals surface area (Å²) >= 11 is 1.32. The maximum atomic E-state index is 12.4. The summed E-state index contributed by atoms with van der Waals surface area (Å²) in [7, 11) is -2.59. The van der Waals surface area contributed by atoms with Crippen LogP contribution < -0.4 is 10.0 Å². The monoisotopic (exact) mass is 422 g/mol. The molecule has 3 N–H and O–H groups in total. The molecule has 0 saturated carbocycles. The van der Waals surface area contributed by atoms with Gasteiger partial charge in [-0.25, -0.2) is 17.9 Å². The Morgan fingerprint density at radius 3 is 2.68 bits per heavy atom. The number of nitrogens with one attached hydrogen (secondary N) is 2. The number of rotatable bonds is 7. The van der Waals surface area contributed by atoms with Crippen molar-refractivity contribution in [1.82, 2.24) is 4.72 Å². The van der Waals surface area contributed by atoms with Crippen LogP contribution in [0.3, 0.4) is 0 Å². The Hall–Kier alpha value is -2.66. The molecule has 2 heterocycles. The van der Waals surface area contributed by atoms with Crippen LogP contribution >= 0.6 is 11.3 Å². The van der Waals surface area contributed by atoms with E-state index in [4.69, 9.17) is 4.42 Å². The minimum absolute atomic E-state index is 0.0116. The second-order valence-corrected chi connectivity index (χ2v) is 8.43. The van der Waals surface area contributed by atoms with Crippen LogP contribution in [0.4, 0.5) is 10.5 Å². The molecule has 0 aliphatic carbocycles. The van der Waals surface area contributed by atoms with Gasteiger partial charge in [0.25, 0.3) is 0 Å². The van der Waals surface area contributed by atoms with Crippen LogP contribution in [0.5, 0.6) is 0 Å². The number of carbonyl (C=O) groups excluding carboxylic acids is 1. The lowest BCUT2D eigenvalue weighted by atomic mass is 10.2. The lowest BCUT2D eigenvalue weighted by molar-refractivity contribution is 0.185. The summed E-state index contributed by atoms with van der Waals surface area (Å²) in [6, 6.07) is 10.9. The highest BCUT2D eigenvalue weighted by atomic mass is 32.2. The fraction of sp³-hybridized carbons (Fsp3) is 0.167. The predicted molar refractivity (Wildman–Crippen MR) is 105 cm³/mol. The van der Waals surface area contributed by atoms with Crippen LogP contribution in [-0.2, 0) is 14.8 Å². The van der Waals surface area contributed by atoms with Gasteiger partial charge in [-0.15, -0.1) is 11.3 Å². The highest BCUT2D eigenvalue weighted by Gasteiger charge is 2.18. The number of ether oxygens (including phenoxy) is 1. The average molecular weight is 422 g/mol. The van der Waals surface area contributed by atoms with Gasteiger partial charge in [-0.3, -0.25) is 5.32 Å². The third-order valence-electron chi connectivity index (χ3n) is 3.82. The Labute approximate surface area is 165 Å². The zero-order chi connectivity index (χ0) is 20.1.